The van der Waals surface area contributed by atoms with Crippen LogP contribution in [-0.4, -0.2) is 54.1 Å². The number of nitrogens with zero attached hydrogens (tertiary/aromatic N) is 3. The largest absolute Gasteiger partial charge is 0.472 e. The van der Waals surface area contributed by atoms with Crippen LogP contribution in [-0.2, 0) is 17.9 Å². The van der Waals surface area contributed by atoms with E-state index in [1.165, 1.54) is 25.1 Å². The first-order valence-electron chi connectivity index (χ1n) is 9.70. The van der Waals surface area contributed by atoms with Crippen LogP contribution in [0, 0.1) is 11.3 Å². The fraction of sp³-hybridized carbons (Fsp3) is 0.571. The average Bonchev–Trinajstić information content (AvgIpc) is 3.39. The summed E-state index contributed by atoms with van der Waals surface area (Å²) in [6.45, 7) is 10.6. The summed E-state index contributed by atoms with van der Waals surface area (Å²) in [6.07, 6.45) is 8.60. The summed E-state index contributed by atoms with van der Waals surface area (Å²) in [5, 5.41) is 0. The molecule has 5 heteroatoms. The average molecular weight is 355 g/mol. The highest BCUT2D eigenvalue weighted by atomic mass is 16.5. The van der Waals surface area contributed by atoms with Crippen LogP contribution in [0.3, 0.4) is 0 Å². The minimum atomic E-state index is 0.370. The lowest BCUT2D eigenvalue weighted by Crippen LogP contribution is -2.36. The van der Waals surface area contributed by atoms with Crippen LogP contribution in [0.4, 0.5) is 0 Å². The van der Waals surface area contributed by atoms with Crippen molar-refractivity contribution in [1.82, 2.24) is 14.8 Å². The van der Waals surface area contributed by atoms with Crippen molar-refractivity contribution in [3.8, 4) is 0 Å². The van der Waals surface area contributed by atoms with Crippen molar-refractivity contribution in [2.24, 2.45) is 11.3 Å². The lowest BCUT2D eigenvalue weighted by Gasteiger charge is -2.30. The summed E-state index contributed by atoms with van der Waals surface area (Å²) in [7, 11) is 0. The Morgan fingerprint density at radius 1 is 1.27 bits per heavy atom. The maximum Gasteiger partial charge on any atom is 0.0947 e. The number of aromatic nitrogens is 1. The Labute approximate surface area is 156 Å². The van der Waals surface area contributed by atoms with Gasteiger partial charge in [-0.25, -0.2) is 0 Å². The highest BCUT2D eigenvalue weighted by Gasteiger charge is 2.49. The van der Waals surface area contributed by atoms with Gasteiger partial charge in [0.25, 0.3) is 0 Å². The van der Waals surface area contributed by atoms with Gasteiger partial charge in [0.15, 0.2) is 0 Å². The van der Waals surface area contributed by atoms with Crippen LogP contribution in [0.5, 0.6) is 0 Å². The Morgan fingerprint density at radius 3 is 2.96 bits per heavy atom. The minimum absolute atomic E-state index is 0.370. The number of pyridine rings is 1. The van der Waals surface area contributed by atoms with Gasteiger partial charge in [-0.15, -0.1) is 0 Å². The van der Waals surface area contributed by atoms with Crippen LogP contribution in [0.1, 0.15) is 24.5 Å². The Morgan fingerprint density at radius 2 is 2.19 bits per heavy atom. The fourth-order valence-electron chi connectivity index (χ4n) is 4.64. The van der Waals surface area contributed by atoms with Crippen LogP contribution < -0.4 is 0 Å². The smallest absolute Gasteiger partial charge is 0.0947 e. The Bertz CT molecular complexity index is 676. The molecule has 0 aliphatic carbocycles. The molecule has 0 saturated carbocycles. The quantitative estimate of drug-likeness (QED) is 0.764. The van der Waals surface area contributed by atoms with Crippen LogP contribution >= 0.6 is 0 Å². The maximum atomic E-state index is 6.12. The van der Waals surface area contributed by atoms with E-state index in [1.54, 1.807) is 6.26 Å². The molecule has 0 N–H and O–H groups in total. The minimum Gasteiger partial charge on any atom is -0.472 e. The van der Waals surface area contributed by atoms with Gasteiger partial charge in [0.1, 0.15) is 0 Å². The molecule has 4 rings (SSSR count). The molecule has 2 fully saturated rings. The van der Waals surface area contributed by atoms with E-state index in [0.29, 0.717) is 17.9 Å². The number of likely N-dealkylation sites (tertiary alicyclic amines) is 2. The summed E-state index contributed by atoms with van der Waals surface area (Å²) in [5.74, 6) is 0.605. The first-order chi connectivity index (χ1) is 12.8. The van der Waals surface area contributed by atoms with Crippen LogP contribution in [0.25, 0.3) is 0 Å². The Balaban J connectivity index is 1.36. The lowest BCUT2D eigenvalue weighted by molar-refractivity contribution is 0.0515. The standard InChI is InChI=1S/C21H29N3O2/c1-2-23-12-20(15-26-13-18-4-3-7-22-10-18)21(16-23)6-8-24(17-21)11-19-5-9-25-14-19/h3-5,7,9-10,14,20H,2,6,8,11-13,15-17H2,1H3/t20-,21-/m1/s1. The maximum absolute atomic E-state index is 6.12. The van der Waals surface area contributed by atoms with Gasteiger partial charge < -0.3 is 14.1 Å². The van der Waals surface area contributed by atoms with Crippen molar-refractivity contribution < 1.29 is 9.15 Å². The van der Waals surface area contributed by atoms with Gasteiger partial charge in [-0.3, -0.25) is 9.88 Å². The van der Waals surface area contributed by atoms with E-state index in [2.05, 4.69) is 33.8 Å². The molecule has 0 radical (unpaired) electrons. The van der Waals surface area contributed by atoms with E-state index < -0.39 is 0 Å². The van der Waals surface area contributed by atoms with Gasteiger partial charge in [0.05, 0.1) is 25.7 Å². The molecule has 2 aliphatic rings. The third kappa shape index (κ3) is 3.85. The molecule has 5 nitrogen and oxygen atoms in total. The van der Waals surface area contributed by atoms with Gasteiger partial charge in [0, 0.05) is 55.5 Å². The third-order valence-electron chi connectivity index (χ3n) is 6.09. The second-order valence-electron chi connectivity index (χ2n) is 7.86. The van der Waals surface area contributed by atoms with E-state index in [-0.39, 0.29) is 0 Å². The van der Waals surface area contributed by atoms with E-state index in [1.807, 2.05) is 24.7 Å². The van der Waals surface area contributed by atoms with Crippen LogP contribution in [0.15, 0.2) is 47.5 Å². The number of hydrogen-bond acceptors (Lipinski definition) is 5. The van der Waals surface area contributed by atoms with Gasteiger partial charge in [-0.2, -0.15) is 0 Å². The van der Waals surface area contributed by atoms with Crippen molar-refractivity contribution in [2.75, 3.05) is 39.3 Å². The highest BCUT2D eigenvalue weighted by Crippen LogP contribution is 2.44. The molecule has 4 heterocycles. The van der Waals surface area contributed by atoms with Gasteiger partial charge in [0.2, 0.25) is 0 Å². The molecule has 2 saturated heterocycles. The van der Waals surface area contributed by atoms with E-state index in [4.69, 9.17) is 9.15 Å². The molecule has 26 heavy (non-hydrogen) atoms. The topological polar surface area (TPSA) is 41.7 Å². The van der Waals surface area contributed by atoms with Gasteiger partial charge >= 0.3 is 0 Å². The number of rotatable bonds is 7. The Hall–Kier alpha value is -1.69. The lowest BCUT2D eigenvalue weighted by atomic mass is 9.77. The van der Waals surface area contributed by atoms with E-state index in [0.717, 1.165) is 38.3 Å². The summed E-state index contributed by atoms with van der Waals surface area (Å²) >= 11 is 0. The SMILES string of the molecule is CCN1C[C@H](COCc2cccnc2)[C@]2(CCN(Cc3ccoc3)C2)C1. The molecule has 0 unspecified atom stereocenters. The Kier molecular flexibility index (Phi) is 5.38. The van der Waals surface area contributed by atoms with Gasteiger partial charge in [-0.05, 0) is 37.2 Å². The van der Waals surface area contributed by atoms with Crippen molar-refractivity contribution in [2.45, 2.75) is 26.5 Å². The first kappa shape index (κ1) is 17.7. The molecule has 0 amide bonds. The number of ether oxygens (including phenoxy) is 1. The summed E-state index contributed by atoms with van der Waals surface area (Å²) in [6, 6.07) is 6.13. The number of furan rings is 1. The predicted octanol–water partition coefficient (Wildman–Crippen LogP) is 3.04. The van der Waals surface area contributed by atoms with E-state index >= 15 is 0 Å². The molecule has 2 aromatic heterocycles. The highest BCUT2D eigenvalue weighted by molar-refractivity contribution is 5.09. The molecule has 0 bridgehead atoms. The molecular formula is C21H29N3O2. The molecule has 2 atom stereocenters. The molecule has 140 valence electrons. The summed E-state index contributed by atoms with van der Waals surface area (Å²) < 4.78 is 11.4. The molecule has 0 aromatic carbocycles. The predicted molar refractivity (Wildman–Crippen MR) is 101 cm³/mol. The van der Waals surface area contributed by atoms with E-state index in [9.17, 15) is 0 Å². The fourth-order valence-corrected chi connectivity index (χ4v) is 4.64. The zero-order valence-electron chi connectivity index (χ0n) is 15.6. The molecular weight excluding hydrogens is 326 g/mol. The zero-order chi connectivity index (χ0) is 17.8. The van der Waals surface area contributed by atoms with Crippen LogP contribution in [0.2, 0.25) is 0 Å². The second-order valence-corrected chi connectivity index (χ2v) is 7.86. The summed E-state index contributed by atoms with van der Waals surface area (Å²) in [4.78, 5) is 9.35. The van der Waals surface area contributed by atoms with Crippen molar-refractivity contribution in [3.05, 3.63) is 54.2 Å². The normalized spacial score (nSPS) is 26.9. The second kappa shape index (κ2) is 7.91. The monoisotopic (exact) mass is 355 g/mol. The van der Waals surface area contributed by atoms with Crippen molar-refractivity contribution in [1.29, 1.82) is 0 Å². The number of hydrogen-bond donors (Lipinski definition) is 0. The zero-order valence-corrected chi connectivity index (χ0v) is 15.6. The summed E-state index contributed by atoms with van der Waals surface area (Å²) in [5.41, 5.74) is 2.80. The molecule has 1 spiro atoms. The van der Waals surface area contributed by atoms with Crippen molar-refractivity contribution in [3.63, 3.8) is 0 Å². The first-order valence-corrected chi connectivity index (χ1v) is 9.70. The van der Waals surface area contributed by atoms with Gasteiger partial charge in [-0.1, -0.05) is 13.0 Å². The molecule has 2 aromatic rings. The molecule has 2 aliphatic heterocycles. The van der Waals surface area contributed by atoms with Crippen molar-refractivity contribution >= 4 is 0 Å². The third-order valence-corrected chi connectivity index (χ3v) is 6.09.